The van der Waals surface area contributed by atoms with E-state index in [2.05, 4.69) is 4.74 Å². The molecule has 0 bridgehead atoms. The molecule has 0 aromatic carbocycles. The van der Waals surface area contributed by atoms with Crippen LogP contribution in [-0.2, 0) is 4.74 Å². The standard InChI is InChI=1S/C3H3F5O/c1-9-3(7,8)2(4,5)6/h1H3. The van der Waals surface area contributed by atoms with E-state index in [0.29, 0.717) is 0 Å². The van der Waals surface area contributed by atoms with Crippen molar-refractivity contribution in [3.8, 4) is 0 Å². The van der Waals surface area contributed by atoms with Crippen LogP contribution in [-0.4, -0.2) is 19.4 Å². The van der Waals surface area contributed by atoms with Crippen molar-refractivity contribution in [2.24, 2.45) is 0 Å². The SMILES string of the molecule is COC(F)(F)C(F)(F)F. The Morgan fingerprint density at radius 3 is 1.33 bits per heavy atom. The van der Waals surface area contributed by atoms with Crippen molar-refractivity contribution in [1.82, 2.24) is 0 Å². The van der Waals surface area contributed by atoms with E-state index in [4.69, 9.17) is 0 Å². The average Bonchev–Trinajstić information content (AvgIpc) is 1.64. The lowest BCUT2D eigenvalue weighted by molar-refractivity contribution is -0.383. The van der Waals surface area contributed by atoms with E-state index >= 15 is 0 Å². The molecular formula is C3H3F5O. The number of alkyl halides is 5. The quantitative estimate of drug-likeness (QED) is 0.517. The van der Waals surface area contributed by atoms with Gasteiger partial charge in [-0.05, 0) is 0 Å². The van der Waals surface area contributed by atoms with Gasteiger partial charge in [-0.15, -0.1) is 0 Å². The molecule has 0 aromatic heterocycles. The van der Waals surface area contributed by atoms with Gasteiger partial charge in [0.15, 0.2) is 0 Å². The summed E-state index contributed by atoms with van der Waals surface area (Å²) in [5.74, 6) is 0. The van der Waals surface area contributed by atoms with Gasteiger partial charge in [0.2, 0.25) is 0 Å². The van der Waals surface area contributed by atoms with Crippen molar-refractivity contribution >= 4 is 0 Å². The van der Waals surface area contributed by atoms with Gasteiger partial charge in [-0.3, -0.25) is 0 Å². The molecule has 6 heteroatoms. The second kappa shape index (κ2) is 2.09. The first-order valence-electron chi connectivity index (χ1n) is 1.81. The highest BCUT2D eigenvalue weighted by Crippen LogP contribution is 2.35. The molecule has 0 saturated heterocycles. The summed E-state index contributed by atoms with van der Waals surface area (Å²) < 4.78 is 58.3. The topological polar surface area (TPSA) is 9.23 Å². The first-order chi connectivity index (χ1) is 3.81. The highest BCUT2D eigenvalue weighted by molar-refractivity contribution is 4.61. The first kappa shape index (κ1) is 8.61. The second-order valence-electron chi connectivity index (χ2n) is 1.22. The second-order valence-corrected chi connectivity index (χ2v) is 1.22. The molecule has 0 heterocycles. The lowest BCUT2D eigenvalue weighted by Gasteiger charge is -2.16. The van der Waals surface area contributed by atoms with Crippen LogP contribution in [0.25, 0.3) is 0 Å². The third-order valence-electron chi connectivity index (χ3n) is 0.586. The minimum absolute atomic E-state index is 0.285. The van der Waals surface area contributed by atoms with Gasteiger partial charge in [-0.25, -0.2) is 0 Å². The van der Waals surface area contributed by atoms with Gasteiger partial charge < -0.3 is 4.74 Å². The van der Waals surface area contributed by atoms with Crippen LogP contribution in [0, 0.1) is 0 Å². The van der Waals surface area contributed by atoms with Crippen molar-refractivity contribution in [2.45, 2.75) is 12.3 Å². The number of methoxy groups -OCH3 is 1. The zero-order valence-corrected chi connectivity index (χ0v) is 4.30. The lowest BCUT2D eigenvalue weighted by Crippen LogP contribution is -2.37. The smallest absolute Gasteiger partial charge is 0.317 e. The van der Waals surface area contributed by atoms with Gasteiger partial charge >= 0.3 is 12.3 Å². The van der Waals surface area contributed by atoms with Crippen LogP contribution in [0.4, 0.5) is 22.0 Å². The molecule has 0 N–H and O–H groups in total. The van der Waals surface area contributed by atoms with Crippen LogP contribution in [0.3, 0.4) is 0 Å². The molecular weight excluding hydrogens is 147 g/mol. The monoisotopic (exact) mass is 150 g/mol. The van der Waals surface area contributed by atoms with Crippen LogP contribution in [0.5, 0.6) is 0 Å². The normalized spacial score (nSPS) is 14.0. The lowest BCUT2D eigenvalue weighted by atomic mass is 10.6. The van der Waals surface area contributed by atoms with Crippen LogP contribution in [0.1, 0.15) is 0 Å². The summed E-state index contributed by atoms with van der Waals surface area (Å²) in [7, 11) is 0.285. The molecule has 0 spiro atoms. The predicted octanol–water partition coefficient (Wildman–Crippen LogP) is 1.79. The third kappa shape index (κ3) is 1.78. The summed E-state index contributed by atoms with van der Waals surface area (Å²) >= 11 is 0. The summed E-state index contributed by atoms with van der Waals surface area (Å²) in [6.45, 7) is 0. The summed E-state index contributed by atoms with van der Waals surface area (Å²) in [5, 5.41) is 0. The Labute approximate surface area is 47.4 Å². The molecule has 0 aliphatic rings. The van der Waals surface area contributed by atoms with Gasteiger partial charge in [0.25, 0.3) is 0 Å². The van der Waals surface area contributed by atoms with E-state index in [1.165, 1.54) is 0 Å². The first-order valence-corrected chi connectivity index (χ1v) is 1.81. The molecule has 56 valence electrons. The Balaban J connectivity index is 4.14. The summed E-state index contributed by atoms with van der Waals surface area (Å²) in [6.07, 6.45) is -10.6. The highest BCUT2D eigenvalue weighted by Gasteiger charge is 2.58. The molecule has 9 heavy (non-hydrogen) atoms. The maximum atomic E-state index is 11.3. The molecule has 0 saturated carbocycles. The third-order valence-corrected chi connectivity index (χ3v) is 0.586. The molecule has 0 unspecified atom stereocenters. The molecule has 0 amide bonds. The van der Waals surface area contributed by atoms with Crippen LogP contribution >= 0.6 is 0 Å². The maximum Gasteiger partial charge on any atom is 0.482 e. The molecule has 0 atom stereocenters. The van der Waals surface area contributed by atoms with E-state index in [-0.39, 0.29) is 7.11 Å². The molecule has 0 fully saturated rings. The number of hydrogen-bond acceptors (Lipinski definition) is 1. The van der Waals surface area contributed by atoms with Gasteiger partial charge in [-0.1, -0.05) is 0 Å². The fourth-order valence-electron chi connectivity index (χ4n) is 0.116. The Morgan fingerprint density at radius 2 is 1.33 bits per heavy atom. The van der Waals surface area contributed by atoms with Gasteiger partial charge in [0.05, 0.1) is 0 Å². The van der Waals surface area contributed by atoms with Gasteiger partial charge in [-0.2, -0.15) is 22.0 Å². The number of hydrogen-bond donors (Lipinski definition) is 0. The van der Waals surface area contributed by atoms with E-state index in [1.807, 2.05) is 0 Å². The molecule has 0 aromatic rings. The van der Waals surface area contributed by atoms with Crippen LogP contribution < -0.4 is 0 Å². The van der Waals surface area contributed by atoms with Crippen molar-refractivity contribution in [3.63, 3.8) is 0 Å². The fraction of sp³-hybridized carbons (Fsp3) is 1.00. The predicted molar refractivity (Wildman–Crippen MR) is 18.0 cm³/mol. The van der Waals surface area contributed by atoms with Crippen molar-refractivity contribution in [3.05, 3.63) is 0 Å². The molecule has 0 aliphatic carbocycles. The number of ether oxygens (including phenoxy) is 1. The van der Waals surface area contributed by atoms with Crippen molar-refractivity contribution in [2.75, 3.05) is 7.11 Å². The Bertz CT molecular complexity index is 94.9. The molecule has 0 rings (SSSR count). The molecule has 1 nitrogen and oxygen atoms in total. The van der Waals surface area contributed by atoms with Crippen LogP contribution in [0.15, 0.2) is 0 Å². The van der Waals surface area contributed by atoms with Crippen molar-refractivity contribution < 1.29 is 26.7 Å². The summed E-state index contributed by atoms with van der Waals surface area (Å²) in [4.78, 5) is 0. The Morgan fingerprint density at radius 1 is 1.00 bits per heavy atom. The highest BCUT2D eigenvalue weighted by atomic mass is 19.4. The minimum atomic E-state index is -5.61. The number of rotatable bonds is 1. The zero-order chi connectivity index (χ0) is 7.71. The average molecular weight is 150 g/mol. The molecule has 0 aliphatic heterocycles. The largest absolute Gasteiger partial charge is 0.482 e. The summed E-state index contributed by atoms with van der Waals surface area (Å²) in [5.41, 5.74) is 0. The van der Waals surface area contributed by atoms with E-state index in [9.17, 15) is 22.0 Å². The molecule has 0 radical (unpaired) electrons. The number of halogens is 5. The fourth-order valence-corrected chi connectivity index (χ4v) is 0.116. The maximum absolute atomic E-state index is 11.3. The van der Waals surface area contributed by atoms with Gasteiger partial charge in [0, 0.05) is 7.11 Å². The van der Waals surface area contributed by atoms with E-state index < -0.39 is 12.3 Å². The van der Waals surface area contributed by atoms with Crippen molar-refractivity contribution in [1.29, 1.82) is 0 Å². The van der Waals surface area contributed by atoms with E-state index in [0.717, 1.165) is 0 Å². The van der Waals surface area contributed by atoms with Gasteiger partial charge in [0.1, 0.15) is 0 Å². The summed E-state index contributed by atoms with van der Waals surface area (Å²) in [6, 6.07) is 0. The minimum Gasteiger partial charge on any atom is -0.317 e. The Hall–Kier alpha value is -0.390. The van der Waals surface area contributed by atoms with E-state index in [1.54, 1.807) is 0 Å². The zero-order valence-electron chi connectivity index (χ0n) is 4.30. The van der Waals surface area contributed by atoms with Crippen LogP contribution in [0.2, 0.25) is 0 Å². The Kier molecular flexibility index (Phi) is 2.00.